The van der Waals surface area contributed by atoms with E-state index in [0.717, 1.165) is 0 Å². The molecule has 1 heterocycles. The van der Waals surface area contributed by atoms with Crippen molar-refractivity contribution in [2.75, 3.05) is 13.7 Å². The molecule has 0 saturated heterocycles. The van der Waals surface area contributed by atoms with Crippen LogP contribution in [0, 0.1) is 0 Å². The zero-order valence-corrected chi connectivity index (χ0v) is 7.03. The fraction of sp³-hybridized carbons (Fsp3) is 0.714. The predicted octanol–water partition coefficient (Wildman–Crippen LogP) is -0.313. The number of aliphatic hydroxyl groups is 1. The second-order valence-electron chi connectivity index (χ2n) is 2.81. The minimum Gasteiger partial charge on any atom is -0.466 e. The first-order chi connectivity index (χ1) is 5.62. The Morgan fingerprint density at radius 3 is 3.00 bits per heavy atom. The number of rotatable bonds is 2. The van der Waals surface area contributed by atoms with Gasteiger partial charge in [0.25, 0.3) is 0 Å². The van der Waals surface area contributed by atoms with Gasteiger partial charge in [-0.2, -0.15) is 0 Å². The van der Waals surface area contributed by atoms with Gasteiger partial charge < -0.3 is 14.7 Å². The quantitative estimate of drug-likeness (QED) is 0.581. The van der Waals surface area contributed by atoms with Crippen molar-refractivity contribution in [1.82, 2.24) is 0 Å². The molecule has 1 N–H and O–H groups in total. The van der Waals surface area contributed by atoms with Crippen LogP contribution in [0.25, 0.3) is 0 Å². The molecule has 1 aliphatic heterocycles. The van der Waals surface area contributed by atoms with Crippen LogP contribution in [0.1, 0.15) is 13.3 Å². The minimum absolute atomic E-state index is 0.188. The topological polar surface area (TPSA) is 68.1 Å². The van der Waals surface area contributed by atoms with E-state index in [1.807, 2.05) is 0 Å². The molecular formula is C7H11NO4. The highest BCUT2D eigenvalue weighted by Gasteiger charge is 2.42. The summed E-state index contributed by atoms with van der Waals surface area (Å²) >= 11 is 0. The number of oxime groups is 1. The molecule has 1 rings (SSSR count). The molecule has 0 aromatic rings. The molecule has 1 aliphatic rings. The van der Waals surface area contributed by atoms with Crippen molar-refractivity contribution in [2.45, 2.75) is 18.9 Å². The number of nitrogens with zero attached hydrogens (tertiary/aromatic N) is 1. The molecule has 68 valence electrons. The summed E-state index contributed by atoms with van der Waals surface area (Å²) in [7, 11) is 1.29. The third-order valence-electron chi connectivity index (χ3n) is 1.72. The Bertz CT molecular complexity index is 225. The normalized spacial score (nSPS) is 27.8. The first-order valence-electron chi connectivity index (χ1n) is 3.55. The molecule has 12 heavy (non-hydrogen) atoms. The van der Waals surface area contributed by atoms with Crippen molar-refractivity contribution in [2.24, 2.45) is 5.16 Å². The van der Waals surface area contributed by atoms with Gasteiger partial charge in [0.1, 0.15) is 0 Å². The SMILES string of the molecule is COC(=O)C1(C)CC(CO)=NO1. The summed E-state index contributed by atoms with van der Waals surface area (Å²) in [6, 6.07) is 0. The smallest absolute Gasteiger partial charge is 0.353 e. The number of carbonyl (C=O) groups excluding carboxylic acids is 1. The van der Waals surface area contributed by atoms with Crippen LogP contribution in [0.15, 0.2) is 5.16 Å². The first-order valence-corrected chi connectivity index (χ1v) is 3.55. The van der Waals surface area contributed by atoms with Crippen molar-refractivity contribution in [1.29, 1.82) is 0 Å². The molecule has 0 amide bonds. The molecule has 0 aliphatic carbocycles. The monoisotopic (exact) mass is 173 g/mol. The van der Waals surface area contributed by atoms with E-state index >= 15 is 0 Å². The van der Waals surface area contributed by atoms with Crippen LogP contribution in [0.5, 0.6) is 0 Å². The van der Waals surface area contributed by atoms with E-state index in [-0.39, 0.29) is 13.0 Å². The molecule has 5 nitrogen and oxygen atoms in total. The van der Waals surface area contributed by atoms with Gasteiger partial charge in [-0.25, -0.2) is 4.79 Å². The Kier molecular flexibility index (Phi) is 2.32. The van der Waals surface area contributed by atoms with Crippen LogP contribution < -0.4 is 0 Å². The zero-order valence-electron chi connectivity index (χ0n) is 7.03. The predicted molar refractivity (Wildman–Crippen MR) is 40.6 cm³/mol. The van der Waals surface area contributed by atoms with Crippen molar-refractivity contribution in [3.05, 3.63) is 0 Å². The number of ether oxygens (including phenoxy) is 1. The second kappa shape index (κ2) is 3.10. The maximum atomic E-state index is 11.1. The van der Waals surface area contributed by atoms with E-state index < -0.39 is 11.6 Å². The van der Waals surface area contributed by atoms with E-state index in [0.29, 0.717) is 5.71 Å². The van der Waals surface area contributed by atoms with Crippen LogP contribution >= 0.6 is 0 Å². The molecule has 0 radical (unpaired) electrons. The lowest BCUT2D eigenvalue weighted by Gasteiger charge is -2.17. The highest BCUT2D eigenvalue weighted by atomic mass is 16.7. The van der Waals surface area contributed by atoms with E-state index in [9.17, 15) is 4.79 Å². The van der Waals surface area contributed by atoms with Crippen molar-refractivity contribution < 1.29 is 19.5 Å². The Labute approximate surface area is 70.0 Å². The average Bonchev–Trinajstić information content (AvgIpc) is 2.47. The minimum atomic E-state index is -1.05. The summed E-state index contributed by atoms with van der Waals surface area (Å²) < 4.78 is 4.51. The highest BCUT2D eigenvalue weighted by molar-refractivity contribution is 5.93. The van der Waals surface area contributed by atoms with Gasteiger partial charge in [-0.1, -0.05) is 5.16 Å². The Morgan fingerprint density at radius 1 is 1.92 bits per heavy atom. The summed E-state index contributed by atoms with van der Waals surface area (Å²) in [5.41, 5.74) is -0.588. The number of hydrogen-bond donors (Lipinski definition) is 1. The van der Waals surface area contributed by atoms with Crippen LogP contribution in [-0.2, 0) is 14.4 Å². The van der Waals surface area contributed by atoms with Gasteiger partial charge in [0.15, 0.2) is 0 Å². The Balaban J connectivity index is 2.63. The summed E-state index contributed by atoms with van der Waals surface area (Å²) in [5.74, 6) is -0.477. The second-order valence-corrected chi connectivity index (χ2v) is 2.81. The molecule has 0 aromatic heterocycles. The molecule has 1 atom stereocenters. The van der Waals surface area contributed by atoms with Crippen LogP contribution in [0.4, 0.5) is 0 Å². The molecular weight excluding hydrogens is 162 g/mol. The van der Waals surface area contributed by atoms with E-state index in [1.54, 1.807) is 6.92 Å². The van der Waals surface area contributed by atoms with Crippen LogP contribution in [0.2, 0.25) is 0 Å². The number of carbonyl (C=O) groups is 1. The maximum absolute atomic E-state index is 11.1. The lowest BCUT2D eigenvalue weighted by atomic mass is 10.0. The first kappa shape index (κ1) is 8.99. The van der Waals surface area contributed by atoms with Gasteiger partial charge in [-0.05, 0) is 6.92 Å². The van der Waals surface area contributed by atoms with E-state index in [1.165, 1.54) is 7.11 Å². The fourth-order valence-corrected chi connectivity index (χ4v) is 1.03. The molecule has 0 spiro atoms. The van der Waals surface area contributed by atoms with Crippen molar-refractivity contribution >= 4 is 11.7 Å². The molecule has 0 fully saturated rings. The molecule has 1 unspecified atom stereocenters. The van der Waals surface area contributed by atoms with Gasteiger partial charge >= 0.3 is 5.97 Å². The summed E-state index contributed by atoms with van der Waals surface area (Å²) in [6.45, 7) is 1.39. The van der Waals surface area contributed by atoms with Gasteiger partial charge in [-0.3, -0.25) is 0 Å². The van der Waals surface area contributed by atoms with Gasteiger partial charge in [0, 0.05) is 6.42 Å². The molecule has 0 saturated carbocycles. The standard InChI is InChI=1S/C7H11NO4/c1-7(6(10)11-2)3-5(4-9)8-12-7/h9H,3-4H2,1-2H3. The Morgan fingerprint density at radius 2 is 2.58 bits per heavy atom. The summed E-state index contributed by atoms with van der Waals surface area (Å²) in [5, 5.41) is 12.2. The maximum Gasteiger partial charge on any atom is 0.353 e. The van der Waals surface area contributed by atoms with Gasteiger partial charge in [0.05, 0.1) is 19.4 Å². The average molecular weight is 173 g/mol. The van der Waals surface area contributed by atoms with E-state index in [2.05, 4.69) is 9.89 Å². The lowest BCUT2D eigenvalue weighted by Crippen LogP contribution is -2.36. The zero-order chi connectivity index (χ0) is 9.19. The third-order valence-corrected chi connectivity index (χ3v) is 1.72. The fourth-order valence-electron chi connectivity index (χ4n) is 1.03. The summed E-state index contributed by atoms with van der Waals surface area (Å²) in [4.78, 5) is 15.9. The molecule has 0 aromatic carbocycles. The number of hydrogen-bond acceptors (Lipinski definition) is 5. The number of aliphatic hydroxyl groups excluding tert-OH is 1. The van der Waals surface area contributed by atoms with Crippen LogP contribution in [0.3, 0.4) is 0 Å². The van der Waals surface area contributed by atoms with Gasteiger partial charge in [0.2, 0.25) is 5.60 Å². The lowest BCUT2D eigenvalue weighted by molar-refractivity contribution is -0.164. The van der Waals surface area contributed by atoms with Gasteiger partial charge in [-0.15, -0.1) is 0 Å². The molecule has 5 heteroatoms. The van der Waals surface area contributed by atoms with Crippen LogP contribution in [-0.4, -0.2) is 36.1 Å². The number of esters is 1. The largest absolute Gasteiger partial charge is 0.466 e. The summed E-state index contributed by atoms with van der Waals surface area (Å²) in [6.07, 6.45) is 0.288. The van der Waals surface area contributed by atoms with Crippen molar-refractivity contribution in [3.63, 3.8) is 0 Å². The molecule has 0 bridgehead atoms. The van der Waals surface area contributed by atoms with Crippen molar-refractivity contribution in [3.8, 4) is 0 Å². The Hall–Kier alpha value is -1.10. The van der Waals surface area contributed by atoms with E-state index in [4.69, 9.17) is 9.94 Å². The third kappa shape index (κ3) is 1.40. The highest BCUT2D eigenvalue weighted by Crippen LogP contribution is 2.24. The number of methoxy groups -OCH3 is 1.